The summed E-state index contributed by atoms with van der Waals surface area (Å²) in [6.07, 6.45) is 1.19. The average Bonchev–Trinajstić information content (AvgIpc) is 2.41. The number of nitrogens with two attached hydrogens (primary N) is 1. The van der Waals surface area contributed by atoms with Crippen molar-refractivity contribution in [1.82, 2.24) is 4.90 Å². The van der Waals surface area contributed by atoms with Gasteiger partial charge < -0.3 is 10.5 Å². The molecule has 100 valence electrons. The van der Waals surface area contributed by atoms with Gasteiger partial charge >= 0.3 is 0 Å². The zero-order valence-corrected chi connectivity index (χ0v) is 11.6. The summed E-state index contributed by atoms with van der Waals surface area (Å²) in [6, 6.07) is 9.02. The maximum absolute atomic E-state index is 6.17. The average molecular weight is 248 g/mol. The topological polar surface area (TPSA) is 38.5 Å². The number of methoxy groups -OCH3 is 1. The number of benzene rings is 1. The van der Waals surface area contributed by atoms with Crippen molar-refractivity contribution in [3.05, 3.63) is 29.8 Å². The van der Waals surface area contributed by atoms with Gasteiger partial charge in [-0.25, -0.2) is 0 Å². The molecule has 1 fully saturated rings. The molecule has 3 heteroatoms. The number of nitrogens with zero attached hydrogens (tertiary/aromatic N) is 1. The fourth-order valence-electron chi connectivity index (χ4n) is 2.59. The molecule has 1 saturated heterocycles. The first-order valence-electron chi connectivity index (χ1n) is 6.75. The van der Waals surface area contributed by atoms with Crippen LogP contribution in [-0.2, 0) is 0 Å². The van der Waals surface area contributed by atoms with Crippen LogP contribution in [0.3, 0.4) is 0 Å². The van der Waals surface area contributed by atoms with Gasteiger partial charge in [-0.1, -0.05) is 19.1 Å². The molecule has 0 radical (unpaired) electrons. The van der Waals surface area contributed by atoms with Crippen LogP contribution in [0.25, 0.3) is 0 Å². The van der Waals surface area contributed by atoms with Gasteiger partial charge in [-0.05, 0) is 43.5 Å². The zero-order chi connectivity index (χ0) is 13.1. The zero-order valence-electron chi connectivity index (χ0n) is 11.6. The molecule has 2 rings (SSSR count). The molecule has 0 aromatic heterocycles. The summed E-state index contributed by atoms with van der Waals surface area (Å²) in [4.78, 5) is 2.47. The van der Waals surface area contributed by atoms with Gasteiger partial charge in [-0.15, -0.1) is 0 Å². The van der Waals surface area contributed by atoms with E-state index in [1.165, 1.54) is 12.0 Å². The third-order valence-electron chi connectivity index (χ3n) is 4.17. The second kappa shape index (κ2) is 5.72. The van der Waals surface area contributed by atoms with E-state index in [0.717, 1.165) is 18.8 Å². The van der Waals surface area contributed by atoms with Crippen molar-refractivity contribution in [3.8, 4) is 5.75 Å². The van der Waals surface area contributed by atoms with E-state index in [1.54, 1.807) is 7.11 Å². The Morgan fingerprint density at radius 2 is 2.22 bits per heavy atom. The van der Waals surface area contributed by atoms with Crippen molar-refractivity contribution in [3.63, 3.8) is 0 Å². The molecule has 0 bridgehead atoms. The van der Waals surface area contributed by atoms with Gasteiger partial charge in [0.05, 0.1) is 7.11 Å². The largest absolute Gasteiger partial charge is 0.497 e. The Labute approximate surface area is 110 Å². The Hall–Kier alpha value is -1.06. The molecule has 3 nitrogen and oxygen atoms in total. The van der Waals surface area contributed by atoms with Gasteiger partial charge in [0.25, 0.3) is 0 Å². The van der Waals surface area contributed by atoms with Crippen LogP contribution in [0.1, 0.15) is 31.9 Å². The Balaban J connectivity index is 2.08. The molecular weight excluding hydrogens is 224 g/mol. The van der Waals surface area contributed by atoms with Gasteiger partial charge in [0, 0.05) is 18.6 Å². The van der Waals surface area contributed by atoms with E-state index in [2.05, 4.69) is 36.9 Å². The second-order valence-corrected chi connectivity index (χ2v) is 5.38. The first kappa shape index (κ1) is 13.4. The molecule has 3 atom stereocenters. The quantitative estimate of drug-likeness (QED) is 0.893. The van der Waals surface area contributed by atoms with Crippen molar-refractivity contribution in [1.29, 1.82) is 0 Å². The molecule has 18 heavy (non-hydrogen) atoms. The SMILES string of the molecule is COc1cccc(C(C)N2CCC(C)C(N)C2)c1. The van der Waals surface area contributed by atoms with Gasteiger partial charge in [-0.3, -0.25) is 4.90 Å². The second-order valence-electron chi connectivity index (χ2n) is 5.38. The highest BCUT2D eigenvalue weighted by Gasteiger charge is 2.26. The number of rotatable bonds is 3. The highest BCUT2D eigenvalue weighted by Crippen LogP contribution is 2.27. The lowest BCUT2D eigenvalue weighted by Gasteiger charge is -2.38. The standard InChI is InChI=1S/C15H24N2O/c1-11-7-8-17(10-15(11)16)12(2)13-5-4-6-14(9-13)18-3/h4-6,9,11-12,15H,7-8,10,16H2,1-3H3. The molecule has 0 spiro atoms. The molecular formula is C15H24N2O. The van der Waals surface area contributed by atoms with Crippen LogP contribution in [0.2, 0.25) is 0 Å². The van der Waals surface area contributed by atoms with Crippen molar-refractivity contribution in [2.45, 2.75) is 32.4 Å². The summed E-state index contributed by atoms with van der Waals surface area (Å²) in [5.74, 6) is 1.56. The third kappa shape index (κ3) is 2.85. The Morgan fingerprint density at radius 3 is 2.89 bits per heavy atom. The van der Waals surface area contributed by atoms with Gasteiger partial charge in [0.15, 0.2) is 0 Å². The number of likely N-dealkylation sites (tertiary alicyclic amines) is 1. The molecule has 1 aromatic rings. The summed E-state index contributed by atoms with van der Waals surface area (Å²) in [6.45, 7) is 6.61. The highest BCUT2D eigenvalue weighted by molar-refractivity contribution is 5.30. The summed E-state index contributed by atoms with van der Waals surface area (Å²) in [7, 11) is 1.71. The molecule has 1 aliphatic heterocycles. The monoisotopic (exact) mass is 248 g/mol. The minimum Gasteiger partial charge on any atom is -0.497 e. The van der Waals surface area contributed by atoms with Gasteiger partial charge in [0.1, 0.15) is 5.75 Å². The number of piperidine rings is 1. The predicted octanol–water partition coefficient (Wildman–Crippen LogP) is 2.43. The smallest absolute Gasteiger partial charge is 0.119 e. The van der Waals surface area contributed by atoms with E-state index in [0.29, 0.717) is 18.0 Å². The van der Waals surface area contributed by atoms with E-state index >= 15 is 0 Å². The lowest BCUT2D eigenvalue weighted by molar-refractivity contribution is 0.128. The third-order valence-corrected chi connectivity index (χ3v) is 4.17. The number of hydrogen-bond acceptors (Lipinski definition) is 3. The first-order chi connectivity index (χ1) is 8.61. The van der Waals surface area contributed by atoms with Crippen LogP contribution in [0.5, 0.6) is 5.75 Å². The lowest BCUT2D eigenvalue weighted by Crippen LogP contribution is -2.48. The van der Waals surface area contributed by atoms with Crippen molar-refractivity contribution in [2.24, 2.45) is 11.7 Å². The summed E-state index contributed by atoms with van der Waals surface area (Å²) in [5, 5.41) is 0. The minimum atomic E-state index is 0.298. The molecule has 1 aliphatic rings. The van der Waals surface area contributed by atoms with E-state index in [-0.39, 0.29) is 0 Å². The summed E-state index contributed by atoms with van der Waals surface area (Å²) < 4.78 is 5.29. The lowest BCUT2D eigenvalue weighted by atomic mass is 9.92. The van der Waals surface area contributed by atoms with Crippen molar-refractivity contribution in [2.75, 3.05) is 20.2 Å². The first-order valence-corrected chi connectivity index (χ1v) is 6.75. The fraction of sp³-hybridized carbons (Fsp3) is 0.600. The minimum absolute atomic E-state index is 0.298. The van der Waals surface area contributed by atoms with E-state index in [4.69, 9.17) is 10.5 Å². The molecule has 0 aliphatic carbocycles. The van der Waals surface area contributed by atoms with Crippen LogP contribution in [0, 0.1) is 5.92 Å². The van der Waals surface area contributed by atoms with E-state index < -0.39 is 0 Å². The Kier molecular flexibility index (Phi) is 4.25. The van der Waals surface area contributed by atoms with Gasteiger partial charge in [0.2, 0.25) is 0 Å². The fourth-order valence-corrected chi connectivity index (χ4v) is 2.59. The molecule has 1 heterocycles. The molecule has 2 N–H and O–H groups in total. The Bertz CT molecular complexity index is 394. The molecule has 3 unspecified atom stereocenters. The van der Waals surface area contributed by atoms with Crippen LogP contribution in [-0.4, -0.2) is 31.1 Å². The molecule has 1 aromatic carbocycles. The van der Waals surface area contributed by atoms with Crippen molar-refractivity contribution < 1.29 is 4.74 Å². The number of hydrogen-bond donors (Lipinski definition) is 1. The van der Waals surface area contributed by atoms with Crippen LogP contribution >= 0.6 is 0 Å². The van der Waals surface area contributed by atoms with E-state index in [1.807, 2.05) is 6.07 Å². The maximum Gasteiger partial charge on any atom is 0.119 e. The summed E-state index contributed by atoms with van der Waals surface area (Å²) in [5.41, 5.74) is 7.48. The molecule has 0 saturated carbocycles. The maximum atomic E-state index is 6.17. The van der Waals surface area contributed by atoms with Crippen LogP contribution in [0.4, 0.5) is 0 Å². The predicted molar refractivity (Wildman–Crippen MR) is 74.7 cm³/mol. The number of ether oxygens (including phenoxy) is 1. The van der Waals surface area contributed by atoms with E-state index in [9.17, 15) is 0 Å². The Morgan fingerprint density at radius 1 is 1.44 bits per heavy atom. The van der Waals surface area contributed by atoms with Crippen molar-refractivity contribution >= 4 is 0 Å². The highest BCUT2D eigenvalue weighted by atomic mass is 16.5. The van der Waals surface area contributed by atoms with Gasteiger partial charge in [-0.2, -0.15) is 0 Å². The normalized spacial score (nSPS) is 26.9. The molecule has 0 amide bonds. The van der Waals surface area contributed by atoms with Crippen LogP contribution in [0.15, 0.2) is 24.3 Å². The van der Waals surface area contributed by atoms with Crippen LogP contribution < -0.4 is 10.5 Å². The summed E-state index contributed by atoms with van der Waals surface area (Å²) >= 11 is 0.